The van der Waals surface area contributed by atoms with Crippen molar-refractivity contribution in [1.29, 1.82) is 0 Å². The van der Waals surface area contributed by atoms with Crippen LogP contribution in [0.25, 0.3) is 0 Å². The van der Waals surface area contributed by atoms with Gasteiger partial charge in [-0.15, -0.1) is 0 Å². The maximum atomic E-state index is 12.9. The van der Waals surface area contributed by atoms with Crippen LogP contribution in [0.5, 0.6) is 0 Å². The number of nitrogens with one attached hydrogen (secondary N) is 1. The van der Waals surface area contributed by atoms with E-state index in [1.165, 1.54) is 0 Å². The summed E-state index contributed by atoms with van der Waals surface area (Å²) in [6.07, 6.45) is 5.39. The number of amides is 1. The molecule has 0 aliphatic carbocycles. The molecule has 162 valence electrons. The van der Waals surface area contributed by atoms with Gasteiger partial charge in [0.1, 0.15) is 6.04 Å². The summed E-state index contributed by atoms with van der Waals surface area (Å²) in [4.78, 5) is 16.9. The third kappa shape index (κ3) is 5.70. The van der Waals surface area contributed by atoms with Gasteiger partial charge in [0.15, 0.2) is 0 Å². The predicted molar refractivity (Wildman–Crippen MR) is 125 cm³/mol. The van der Waals surface area contributed by atoms with Crippen molar-refractivity contribution in [1.82, 2.24) is 4.98 Å². The average molecular weight is 438 g/mol. The predicted octanol–water partition coefficient (Wildman–Crippen LogP) is 4.08. The second-order valence-corrected chi connectivity index (χ2v) is 9.58. The van der Waals surface area contributed by atoms with Crippen LogP contribution in [0.3, 0.4) is 0 Å². The third-order valence-electron chi connectivity index (χ3n) is 5.21. The summed E-state index contributed by atoms with van der Waals surface area (Å²) in [6.45, 7) is 5.46. The van der Waals surface area contributed by atoms with Crippen molar-refractivity contribution in [3.63, 3.8) is 0 Å². The Balaban J connectivity index is 1.75. The van der Waals surface area contributed by atoms with Gasteiger partial charge < -0.3 is 5.32 Å². The van der Waals surface area contributed by atoms with Crippen LogP contribution in [0.2, 0.25) is 0 Å². The number of benzene rings is 2. The SMILES string of the molecule is Cc1ccc(N([C@@H](C)C(=O)Nc2ccc(Cc3ccncc3)cc2)S(C)(=O)=O)cc1C. The van der Waals surface area contributed by atoms with Gasteiger partial charge in [-0.3, -0.25) is 14.1 Å². The quantitative estimate of drug-likeness (QED) is 0.604. The fraction of sp³-hybridized carbons (Fsp3) is 0.250. The number of carbonyl (C=O) groups is 1. The highest BCUT2D eigenvalue weighted by Crippen LogP contribution is 2.24. The molecule has 2 aromatic carbocycles. The molecule has 0 spiro atoms. The maximum Gasteiger partial charge on any atom is 0.247 e. The van der Waals surface area contributed by atoms with Crippen molar-refractivity contribution in [2.45, 2.75) is 33.2 Å². The average Bonchev–Trinajstić information content (AvgIpc) is 2.72. The molecule has 0 aliphatic heterocycles. The number of aromatic nitrogens is 1. The molecule has 1 atom stereocenters. The number of aryl methyl sites for hydroxylation is 2. The van der Waals surface area contributed by atoms with E-state index in [2.05, 4.69) is 10.3 Å². The molecule has 0 fully saturated rings. The smallest absolute Gasteiger partial charge is 0.247 e. The molecule has 3 rings (SSSR count). The lowest BCUT2D eigenvalue weighted by molar-refractivity contribution is -0.116. The first-order valence-electron chi connectivity index (χ1n) is 10.0. The summed E-state index contributed by atoms with van der Waals surface area (Å²) in [7, 11) is -3.66. The summed E-state index contributed by atoms with van der Waals surface area (Å²) in [5.74, 6) is -0.398. The Morgan fingerprint density at radius 3 is 2.16 bits per heavy atom. The van der Waals surface area contributed by atoms with E-state index in [-0.39, 0.29) is 0 Å². The first-order valence-corrected chi connectivity index (χ1v) is 11.9. The van der Waals surface area contributed by atoms with Gasteiger partial charge in [-0.25, -0.2) is 8.42 Å². The number of pyridine rings is 1. The Hall–Kier alpha value is -3.19. The minimum atomic E-state index is -3.66. The van der Waals surface area contributed by atoms with E-state index in [0.717, 1.165) is 39.2 Å². The van der Waals surface area contributed by atoms with E-state index in [9.17, 15) is 13.2 Å². The number of nitrogens with zero attached hydrogens (tertiary/aromatic N) is 2. The minimum absolute atomic E-state index is 0.398. The lowest BCUT2D eigenvalue weighted by Gasteiger charge is -2.28. The van der Waals surface area contributed by atoms with E-state index < -0.39 is 22.0 Å². The number of rotatable bonds is 7. The molecule has 0 aliphatic rings. The van der Waals surface area contributed by atoms with Crippen molar-refractivity contribution in [3.05, 3.63) is 89.2 Å². The standard InChI is InChI=1S/C24H27N3O3S/c1-17-5-10-23(15-18(17)2)27(31(4,29)30)19(3)24(28)26-22-8-6-20(7-9-22)16-21-11-13-25-14-12-21/h5-15,19H,16H2,1-4H3,(H,26,28)/t19-/m0/s1. The second-order valence-electron chi connectivity index (χ2n) is 7.72. The molecule has 1 heterocycles. The number of hydrogen-bond donors (Lipinski definition) is 1. The summed E-state index contributed by atoms with van der Waals surface area (Å²) in [5, 5.41) is 2.83. The van der Waals surface area contributed by atoms with Gasteiger partial charge in [0.05, 0.1) is 11.9 Å². The zero-order valence-corrected chi connectivity index (χ0v) is 19.0. The van der Waals surface area contributed by atoms with Crippen molar-refractivity contribution in [3.8, 4) is 0 Å². The molecule has 0 unspecified atom stereocenters. The van der Waals surface area contributed by atoms with Gasteiger partial charge in [-0.05, 0) is 85.8 Å². The fourth-order valence-electron chi connectivity index (χ4n) is 3.36. The molecular weight excluding hydrogens is 410 g/mol. The molecule has 6 nitrogen and oxygen atoms in total. The zero-order valence-electron chi connectivity index (χ0n) is 18.2. The normalized spacial score (nSPS) is 12.3. The molecule has 1 N–H and O–H groups in total. The van der Waals surface area contributed by atoms with Gasteiger partial charge in [-0.2, -0.15) is 0 Å². The van der Waals surface area contributed by atoms with Gasteiger partial charge in [-0.1, -0.05) is 18.2 Å². The summed E-state index contributed by atoms with van der Waals surface area (Å²) >= 11 is 0. The van der Waals surface area contributed by atoms with Crippen molar-refractivity contribution in [2.75, 3.05) is 15.9 Å². The molecule has 0 saturated heterocycles. The molecule has 31 heavy (non-hydrogen) atoms. The summed E-state index contributed by atoms with van der Waals surface area (Å²) < 4.78 is 26.1. The molecule has 0 saturated carbocycles. The summed E-state index contributed by atoms with van der Waals surface area (Å²) in [5.41, 5.74) is 5.36. The Kier molecular flexibility index (Phi) is 6.75. The molecule has 7 heteroatoms. The Morgan fingerprint density at radius 1 is 0.968 bits per heavy atom. The van der Waals surface area contributed by atoms with Crippen LogP contribution in [-0.2, 0) is 21.2 Å². The lowest BCUT2D eigenvalue weighted by atomic mass is 10.1. The van der Waals surface area contributed by atoms with Crippen LogP contribution in [0.1, 0.15) is 29.2 Å². The van der Waals surface area contributed by atoms with E-state index in [0.29, 0.717) is 11.4 Å². The molecule has 3 aromatic rings. The highest BCUT2D eigenvalue weighted by molar-refractivity contribution is 7.92. The highest BCUT2D eigenvalue weighted by Gasteiger charge is 2.29. The number of hydrogen-bond acceptors (Lipinski definition) is 4. The van der Waals surface area contributed by atoms with Crippen LogP contribution in [0, 0.1) is 13.8 Å². The molecule has 0 bridgehead atoms. The van der Waals surface area contributed by atoms with Crippen molar-refractivity contribution in [2.24, 2.45) is 0 Å². The molecular formula is C24H27N3O3S. The van der Waals surface area contributed by atoms with Gasteiger partial charge in [0, 0.05) is 18.1 Å². The highest BCUT2D eigenvalue weighted by atomic mass is 32.2. The van der Waals surface area contributed by atoms with Crippen LogP contribution in [0.15, 0.2) is 67.0 Å². The number of sulfonamides is 1. The largest absolute Gasteiger partial charge is 0.324 e. The van der Waals surface area contributed by atoms with E-state index in [1.807, 2.05) is 56.3 Å². The zero-order chi connectivity index (χ0) is 22.6. The lowest BCUT2D eigenvalue weighted by Crippen LogP contribution is -2.45. The van der Waals surface area contributed by atoms with Gasteiger partial charge >= 0.3 is 0 Å². The monoisotopic (exact) mass is 437 g/mol. The van der Waals surface area contributed by atoms with E-state index in [4.69, 9.17) is 0 Å². The van der Waals surface area contributed by atoms with E-state index >= 15 is 0 Å². The van der Waals surface area contributed by atoms with Gasteiger partial charge in [0.2, 0.25) is 15.9 Å². The Morgan fingerprint density at radius 2 is 1.58 bits per heavy atom. The van der Waals surface area contributed by atoms with Crippen LogP contribution in [-0.4, -0.2) is 31.6 Å². The topological polar surface area (TPSA) is 79.4 Å². The fourth-order valence-corrected chi connectivity index (χ4v) is 4.53. The third-order valence-corrected chi connectivity index (χ3v) is 6.45. The van der Waals surface area contributed by atoms with Crippen LogP contribution < -0.4 is 9.62 Å². The second kappa shape index (κ2) is 9.31. The van der Waals surface area contributed by atoms with Crippen molar-refractivity contribution < 1.29 is 13.2 Å². The Labute approximate surface area is 184 Å². The van der Waals surface area contributed by atoms with Gasteiger partial charge in [0.25, 0.3) is 0 Å². The first kappa shape index (κ1) is 22.5. The number of anilines is 2. The summed E-state index contributed by atoms with van der Waals surface area (Å²) in [6, 6.07) is 15.9. The molecule has 1 amide bonds. The number of carbonyl (C=O) groups excluding carboxylic acids is 1. The minimum Gasteiger partial charge on any atom is -0.324 e. The molecule has 1 aromatic heterocycles. The van der Waals surface area contributed by atoms with Crippen LogP contribution >= 0.6 is 0 Å². The van der Waals surface area contributed by atoms with Crippen LogP contribution in [0.4, 0.5) is 11.4 Å². The van der Waals surface area contributed by atoms with E-state index in [1.54, 1.807) is 31.5 Å². The first-order chi connectivity index (χ1) is 14.6. The molecule has 0 radical (unpaired) electrons. The maximum absolute atomic E-state index is 12.9. The Bertz CT molecular complexity index is 1160. The van der Waals surface area contributed by atoms with Crippen molar-refractivity contribution >= 4 is 27.3 Å².